The molecule has 1 atom stereocenters. The zero-order chi connectivity index (χ0) is 28.4. The van der Waals surface area contributed by atoms with E-state index in [1.165, 1.54) is 9.21 Å². The molecule has 0 aliphatic heterocycles. The second-order valence-electron chi connectivity index (χ2n) is 9.60. The van der Waals surface area contributed by atoms with E-state index in [4.69, 9.17) is 0 Å². The van der Waals surface area contributed by atoms with Crippen LogP contribution >= 0.6 is 0 Å². The van der Waals surface area contributed by atoms with Crippen LogP contribution < -0.4 is 9.62 Å². The summed E-state index contributed by atoms with van der Waals surface area (Å²) >= 11 is 0. The summed E-state index contributed by atoms with van der Waals surface area (Å²) in [7, 11) is -4.07. The highest BCUT2D eigenvalue weighted by Gasteiger charge is 2.33. The van der Waals surface area contributed by atoms with Crippen LogP contribution in [0, 0.1) is 6.92 Å². The Labute approximate surface area is 232 Å². The second-order valence-corrected chi connectivity index (χ2v) is 11.5. The fourth-order valence-corrected chi connectivity index (χ4v) is 5.82. The Morgan fingerprint density at radius 3 is 2.18 bits per heavy atom. The van der Waals surface area contributed by atoms with E-state index in [-0.39, 0.29) is 17.3 Å². The minimum atomic E-state index is -4.07. The molecule has 0 aliphatic carbocycles. The van der Waals surface area contributed by atoms with Crippen LogP contribution in [0.4, 0.5) is 5.69 Å². The summed E-state index contributed by atoms with van der Waals surface area (Å²) in [6.07, 6.45) is 1.90. The summed E-state index contributed by atoms with van der Waals surface area (Å²) in [5, 5.41) is 2.87. The maximum atomic E-state index is 14.0. The lowest BCUT2D eigenvalue weighted by Crippen LogP contribution is -2.52. The minimum absolute atomic E-state index is 0.108. The van der Waals surface area contributed by atoms with Gasteiger partial charge in [0.15, 0.2) is 0 Å². The first kappa shape index (κ1) is 29.9. The van der Waals surface area contributed by atoms with E-state index in [1.54, 1.807) is 43.3 Å². The van der Waals surface area contributed by atoms with Gasteiger partial charge in [-0.05, 0) is 62.4 Å². The molecule has 0 radical (unpaired) electrons. The molecule has 8 heteroatoms. The molecule has 0 saturated heterocycles. The van der Waals surface area contributed by atoms with Crippen LogP contribution in [0.3, 0.4) is 0 Å². The average Bonchev–Trinajstić information content (AvgIpc) is 2.95. The Hall–Kier alpha value is -3.65. The Bertz CT molecular complexity index is 1340. The van der Waals surface area contributed by atoms with Gasteiger partial charge in [0.05, 0.1) is 10.6 Å². The summed E-state index contributed by atoms with van der Waals surface area (Å²) in [6, 6.07) is 22.8. The maximum Gasteiger partial charge on any atom is 0.264 e. The van der Waals surface area contributed by atoms with Crippen molar-refractivity contribution in [3.05, 3.63) is 95.6 Å². The van der Waals surface area contributed by atoms with Crippen LogP contribution in [0.2, 0.25) is 0 Å². The number of hydrogen-bond donors (Lipinski definition) is 1. The lowest BCUT2D eigenvalue weighted by Gasteiger charge is -2.32. The molecule has 3 aromatic rings. The molecule has 0 aliphatic rings. The number of nitrogens with zero attached hydrogens (tertiary/aromatic N) is 2. The summed E-state index contributed by atoms with van der Waals surface area (Å²) < 4.78 is 29.1. The van der Waals surface area contributed by atoms with Crippen LogP contribution in [-0.2, 0) is 32.5 Å². The number of hydrogen-bond acceptors (Lipinski definition) is 4. The van der Waals surface area contributed by atoms with Gasteiger partial charge in [-0.3, -0.25) is 13.9 Å². The van der Waals surface area contributed by atoms with Gasteiger partial charge in [0, 0.05) is 13.1 Å². The van der Waals surface area contributed by atoms with Crippen LogP contribution in [0.1, 0.15) is 43.9 Å². The normalized spacial score (nSPS) is 12.0. The summed E-state index contributed by atoms with van der Waals surface area (Å²) in [5.41, 5.74) is 3.23. The second kappa shape index (κ2) is 13.9. The molecule has 7 nitrogen and oxygen atoms in total. The molecular weight excluding hydrogens is 510 g/mol. The molecule has 0 fully saturated rings. The molecule has 0 spiro atoms. The molecule has 1 N–H and O–H groups in total. The molecular formula is C31H39N3O4S. The van der Waals surface area contributed by atoms with Crippen molar-refractivity contribution in [2.24, 2.45) is 0 Å². The number of aryl methyl sites for hydroxylation is 2. The van der Waals surface area contributed by atoms with Crippen molar-refractivity contribution in [3.63, 3.8) is 0 Å². The van der Waals surface area contributed by atoms with Gasteiger partial charge in [-0.25, -0.2) is 8.42 Å². The van der Waals surface area contributed by atoms with Gasteiger partial charge in [-0.1, -0.05) is 80.1 Å². The van der Waals surface area contributed by atoms with E-state index in [9.17, 15) is 18.0 Å². The standard InChI is InChI=1S/C31H39N3O4S/c1-5-21-32-31(36)25(4)33(22-20-26-12-8-7-9-13-26)30(35)23-34(29-15-11-10-14-27(29)6-2)39(37,38)28-18-16-24(3)17-19-28/h7-19,25H,5-6,20-23H2,1-4H3,(H,32,36)/t25-/m0/s1. The molecule has 39 heavy (non-hydrogen) atoms. The lowest BCUT2D eigenvalue weighted by molar-refractivity contribution is -0.138. The van der Waals surface area contributed by atoms with E-state index in [0.29, 0.717) is 25.1 Å². The fourth-order valence-electron chi connectivity index (χ4n) is 4.37. The highest BCUT2D eigenvalue weighted by atomic mass is 32.2. The summed E-state index contributed by atoms with van der Waals surface area (Å²) in [5.74, 6) is -0.702. The number of nitrogens with one attached hydrogen (secondary N) is 1. The Kier molecular flexibility index (Phi) is 10.7. The smallest absolute Gasteiger partial charge is 0.264 e. The predicted molar refractivity (Wildman–Crippen MR) is 156 cm³/mol. The highest BCUT2D eigenvalue weighted by molar-refractivity contribution is 7.92. The van der Waals surface area contributed by atoms with Crippen molar-refractivity contribution >= 4 is 27.5 Å². The Balaban J connectivity index is 2.00. The number of para-hydroxylation sites is 1. The molecule has 0 bridgehead atoms. The number of amides is 2. The number of carbonyl (C=O) groups excluding carboxylic acids is 2. The van der Waals surface area contributed by atoms with Gasteiger partial charge in [0.25, 0.3) is 10.0 Å². The van der Waals surface area contributed by atoms with Crippen molar-refractivity contribution < 1.29 is 18.0 Å². The number of sulfonamides is 1. The summed E-state index contributed by atoms with van der Waals surface area (Å²) in [6.45, 7) is 7.84. The maximum absolute atomic E-state index is 14.0. The van der Waals surface area contributed by atoms with E-state index < -0.39 is 28.5 Å². The van der Waals surface area contributed by atoms with Crippen LogP contribution in [-0.4, -0.2) is 50.8 Å². The zero-order valence-electron chi connectivity index (χ0n) is 23.3. The third-order valence-corrected chi connectivity index (χ3v) is 8.50. The van der Waals surface area contributed by atoms with Crippen molar-refractivity contribution in [2.75, 3.05) is 23.9 Å². The van der Waals surface area contributed by atoms with Crippen molar-refractivity contribution in [3.8, 4) is 0 Å². The lowest BCUT2D eigenvalue weighted by atomic mass is 10.1. The van der Waals surface area contributed by atoms with Gasteiger partial charge in [0.2, 0.25) is 11.8 Å². The van der Waals surface area contributed by atoms with Crippen LogP contribution in [0.5, 0.6) is 0 Å². The third kappa shape index (κ3) is 7.69. The molecule has 3 aromatic carbocycles. The largest absolute Gasteiger partial charge is 0.354 e. The molecule has 0 saturated carbocycles. The molecule has 0 aromatic heterocycles. The zero-order valence-corrected chi connectivity index (χ0v) is 24.1. The molecule has 208 valence electrons. The van der Waals surface area contributed by atoms with Crippen LogP contribution in [0.25, 0.3) is 0 Å². The molecule has 0 unspecified atom stereocenters. The first-order valence-electron chi connectivity index (χ1n) is 13.5. The SMILES string of the molecule is CCCNC(=O)[C@H](C)N(CCc1ccccc1)C(=O)CN(c1ccccc1CC)S(=O)(=O)c1ccc(C)cc1. The van der Waals surface area contributed by atoms with Gasteiger partial charge in [-0.15, -0.1) is 0 Å². The Morgan fingerprint density at radius 2 is 1.54 bits per heavy atom. The summed E-state index contributed by atoms with van der Waals surface area (Å²) in [4.78, 5) is 28.5. The molecule has 2 amide bonds. The molecule has 0 heterocycles. The van der Waals surface area contributed by atoms with Gasteiger partial charge < -0.3 is 10.2 Å². The quantitative estimate of drug-likeness (QED) is 0.334. The van der Waals surface area contributed by atoms with E-state index in [1.807, 2.05) is 63.2 Å². The number of carbonyl (C=O) groups is 2. The minimum Gasteiger partial charge on any atom is -0.354 e. The molecule has 3 rings (SSSR count). The fraction of sp³-hybridized carbons (Fsp3) is 0.355. The number of benzene rings is 3. The Morgan fingerprint density at radius 1 is 0.897 bits per heavy atom. The van der Waals surface area contributed by atoms with E-state index in [2.05, 4.69) is 5.32 Å². The number of anilines is 1. The predicted octanol–water partition coefficient (Wildman–Crippen LogP) is 4.74. The highest BCUT2D eigenvalue weighted by Crippen LogP contribution is 2.28. The number of rotatable bonds is 13. The van der Waals surface area contributed by atoms with Gasteiger partial charge in [-0.2, -0.15) is 0 Å². The first-order valence-corrected chi connectivity index (χ1v) is 14.9. The monoisotopic (exact) mass is 549 g/mol. The van der Waals surface area contributed by atoms with Crippen molar-refractivity contribution in [2.45, 2.75) is 57.9 Å². The van der Waals surface area contributed by atoms with Crippen molar-refractivity contribution in [1.29, 1.82) is 0 Å². The first-order chi connectivity index (χ1) is 18.7. The van der Waals surface area contributed by atoms with Gasteiger partial charge >= 0.3 is 0 Å². The third-order valence-electron chi connectivity index (χ3n) is 6.73. The average molecular weight is 550 g/mol. The van der Waals surface area contributed by atoms with E-state index in [0.717, 1.165) is 23.1 Å². The van der Waals surface area contributed by atoms with E-state index >= 15 is 0 Å². The topological polar surface area (TPSA) is 86.8 Å². The van der Waals surface area contributed by atoms with Gasteiger partial charge in [0.1, 0.15) is 12.6 Å². The van der Waals surface area contributed by atoms with Crippen molar-refractivity contribution in [1.82, 2.24) is 10.2 Å². The van der Waals surface area contributed by atoms with Crippen LogP contribution in [0.15, 0.2) is 83.8 Å².